The van der Waals surface area contributed by atoms with Crippen molar-refractivity contribution in [3.05, 3.63) is 35.6 Å². The first-order valence-electron chi connectivity index (χ1n) is 8.45. The Morgan fingerprint density at radius 2 is 2.17 bits per heavy atom. The van der Waals surface area contributed by atoms with Crippen LogP contribution in [0.5, 0.6) is 0 Å². The second-order valence-corrected chi connectivity index (χ2v) is 6.74. The summed E-state index contributed by atoms with van der Waals surface area (Å²) in [5.74, 6) is 1.13. The Bertz CT molecular complexity index is 552. The van der Waals surface area contributed by atoms with Crippen LogP contribution in [0.2, 0.25) is 0 Å². The van der Waals surface area contributed by atoms with E-state index in [9.17, 15) is 9.18 Å². The Hall–Kier alpha value is -1.62. The number of fused-ring (bicyclic) bond motifs is 2. The van der Waals surface area contributed by atoms with Gasteiger partial charge in [0.05, 0.1) is 13.2 Å². The van der Waals surface area contributed by atoms with Crippen molar-refractivity contribution in [3.63, 3.8) is 0 Å². The van der Waals surface area contributed by atoms with Crippen LogP contribution in [-0.4, -0.2) is 37.2 Å². The largest absolute Gasteiger partial charge is 0.383 e. The number of nitrogens with zero attached hydrogens (tertiary/aromatic N) is 1. The molecule has 2 aliphatic carbocycles. The first kappa shape index (κ1) is 16.2. The topological polar surface area (TPSA) is 41.6 Å². The van der Waals surface area contributed by atoms with Gasteiger partial charge in [-0.3, -0.25) is 0 Å². The molecule has 4 nitrogen and oxygen atoms in total. The fourth-order valence-electron chi connectivity index (χ4n) is 3.96. The minimum atomic E-state index is -0.275. The SMILES string of the molecule is COCCN(Cc1ccccc1F)C(=O)N[C@@H]1C[C@@H]2CC[C@H]1C2. The van der Waals surface area contributed by atoms with Gasteiger partial charge in [-0.15, -0.1) is 0 Å². The van der Waals surface area contributed by atoms with Crippen molar-refractivity contribution in [1.82, 2.24) is 10.2 Å². The first-order valence-corrected chi connectivity index (χ1v) is 8.45. The van der Waals surface area contributed by atoms with Crippen molar-refractivity contribution in [1.29, 1.82) is 0 Å². The summed E-state index contributed by atoms with van der Waals surface area (Å²) in [5, 5.41) is 3.17. The van der Waals surface area contributed by atoms with Gasteiger partial charge in [-0.2, -0.15) is 0 Å². The Morgan fingerprint density at radius 3 is 2.83 bits per heavy atom. The summed E-state index contributed by atoms with van der Waals surface area (Å²) in [5.41, 5.74) is 0.534. The van der Waals surface area contributed by atoms with E-state index in [1.165, 1.54) is 25.3 Å². The molecule has 2 bridgehead atoms. The van der Waals surface area contributed by atoms with Crippen LogP contribution in [0.4, 0.5) is 9.18 Å². The van der Waals surface area contributed by atoms with Gasteiger partial charge in [-0.05, 0) is 37.2 Å². The van der Waals surface area contributed by atoms with E-state index in [-0.39, 0.29) is 24.4 Å². The Balaban J connectivity index is 1.63. The molecule has 126 valence electrons. The van der Waals surface area contributed by atoms with E-state index in [0.717, 1.165) is 12.3 Å². The molecule has 3 rings (SSSR count). The molecule has 0 heterocycles. The number of halogens is 1. The third-order valence-electron chi connectivity index (χ3n) is 5.22. The maximum atomic E-state index is 13.9. The maximum Gasteiger partial charge on any atom is 0.318 e. The number of benzene rings is 1. The van der Waals surface area contributed by atoms with E-state index in [1.54, 1.807) is 30.2 Å². The van der Waals surface area contributed by atoms with E-state index in [1.807, 2.05) is 0 Å². The smallest absolute Gasteiger partial charge is 0.318 e. The fraction of sp³-hybridized carbons (Fsp3) is 0.611. The highest BCUT2D eigenvalue weighted by Gasteiger charge is 2.40. The van der Waals surface area contributed by atoms with E-state index in [2.05, 4.69) is 5.32 Å². The normalized spacial score (nSPS) is 25.6. The average Bonchev–Trinajstić information content (AvgIpc) is 3.15. The lowest BCUT2D eigenvalue weighted by atomic mass is 9.95. The molecule has 0 unspecified atom stereocenters. The van der Waals surface area contributed by atoms with Crippen LogP contribution < -0.4 is 5.32 Å². The lowest BCUT2D eigenvalue weighted by Crippen LogP contribution is -2.47. The summed E-state index contributed by atoms with van der Waals surface area (Å²) in [6.45, 7) is 1.17. The highest BCUT2D eigenvalue weighted by Crippen LogP contribution is 2.44. The summed E-state index contributed by atoms with van der Waals surface area (Å²) < 4.78 is 19.0. The van der Waals surface area contributed by atoms with Gasteiger partial charge in [0.25, 0.3) is 0 Å². The minimum absolute atomic E-state index is 0.108. The van der Waals surface area contributed by atoms with Gasteiger partial charge >= 0.3 is 6.03 Å². The van der Waals surface area contributed by atoms with Crippen molar-refractivity contribution in [2.45, 2.75) is 38.3 Å². The third-order valence-corrected chi connectivity index (χ3v) is 5.22. The van der Waals surface area contributed by atoms with Gasteiger partial charge in [-0.1, -0.05) is 24.6 Å². The van der Waals surface area contributed by atoms with Crippen LogP contribution in [0, 0.1) is 17.7 Å². The fourth-order valence-corrected chi connectivity index (χ4v) is 3.96. The van der Waals surface area contributed by atoms with E-state index in [0.29, 0.717) is 24.6 Å². The first-order chi connectivity index (χ1) is 11.2. The lowest BCUT2D eigenvalue weighted by molar-refractivity contribution is 0.142. The molecule has 0 saturated heterocycles. The van der Waals surface area contributed by atoms with Crippen LogP contribution in [-0.2, 0) is 11.3 Å². The molecule has 1 aromatic carbocycles. The van der Waals surface area contributed by atoms with Gasteiger partial charge in [0.15, 0.2) is 0 Å². The van der Waals surface area contributed by atoms with Gasteiger partial charge in [-0.25, -0.2) is 9.18 Å². The Kier molecular flexibility index (Phi) is 5.16. The molecule has 0 radical (unpaired) electrons. The number of urea groups is 1. The van der Waals surface area contributed by atoms with Crippen LogP contribution in [0.15, 0.2) is 24.3 Å². The Morgan fingerprint density at radius 1 is 1.35 bits per heavy atom. The predicted octanol–water partition coefficient (Wildman–Crippen LogP) is 3.17. The lowest BCUT2D eigenvalue weighted by Gasteiger charge is -2.28. The van der Waals surface area contributed by atoms with Gasteiger partial charge in [0.2, 0.25) is 0 Å². The number of nitrogens with one attached hydrogen (secondary N) is 1. The zero-order valence-electron chi connectivity index (χ0n) is 13.6. The number of hydrogen-bond acceptors (Lipinski definition) is 2. The van der Waals surface area contributed by atoms with Gasteiger partial charge in [0.1, 0.15) is 5.82 Å². The summed E-state index contributed by atoms with van der Waals surface area (Å²) in [7, 11) is 1.61. The predicted molar refractivity (Wildman–Crippen MR) is 86.5 cm³/mol. The quantitative estimate of drug-likeness (QED) is 0.875. The molecule has 23 heavy (non-hydrogen) atoms. The molecule has 5 heteroatoms. The molecule has 0 aromatic heterocycles. The molecular formula is C18H25FN2O2. The number of carbonyl (C=O) groups excluding carboxylic acids is 1. The van der Waals surface area contributed by atoms with Crippen molar-refractivity contribution in [2.75, 3.05) is 20.3 Å². The maximum absolute atomic E-state index is 13.9. The number of rotatable bonds is 6. The average molecular weight is 320 g/mol. The van der Waals surface area contributed by atoms with Crippen molar-refractivity contribution in [3.8, 4) is 0 Å². The monoisotopic (exact) mass is 320 g/mol. The molecule has 2 aliphatic rings. The van der Waals surface area contributed by atoms with Crippen molar-refractivity contribution < 1.29 is 13.9 Å². The number of methoxy groups -OCH3 is 1. The molecule has 1 N–H and O–H groups in total. The molecule has 2 saturated carbocycles. The number of ether oxygens (including phenoxy) is 1. The number of amides is 2. The second-order valence-electron chi connectivity index (χ2n) is 6.74. The molecular weight excluding hydrogens is 295 g/mol. The van der Waals surface area contributed by atoms with Crippen molar-refractivity contribution in [2.24, 2.45) is 11.8 Å². The summed E-state index contributed by atoms with van der Waals surface area (Å²) in [6.07, 6.45) is 4.87. The van der Waals surface area contributed by atoms with Crippen LogP contribution in [0.1, 0.15) is 31.2 Å². The second kappa shape index (κ2) is 7.30. The molecule has 3 atom stereocenters. The van der Waals surface area contributed by atoms with E-state index in [4.69, 9.17) is 4.74 Å². The summed E-state index contributed by atoms with van der Waals surface area (Å²) in [4.78, 5) is 14.3. The van der Waals surface area contributed by atoms with Crippen LogP contribution >= 0.6 is 0 Å². The van der Waals surface area contributed by atoms with Crippen LogP contribution in [0.25, 0.3) is 0 Å². The third kappa shape index (κ3) is 3.83. The molecule has 0 aliphatic heterocycles. The van der Waals surface area contributed by atoms with Crippen LogP contribution in [0.3, 0.4) is 0 Å². The Labute approximate surface area is 137 Å². The van der Waals surface area contributed by atoms with Gasteiger partial charge < -0.3 is 15.0 Å². The highest BCUT2D eigenvalue weighted by molar-refractivity contribution is 5.74. The van der Waals surface area contributed by atoms with Crippen molar-refractivity contribution >= 4 is 6.03 Å². The zero-order chi connectivity index (χ0) is 16.2. The molecule has 0 spiro atoms. The summed E-state index contributed by atoms with van der Waals surface area (Å²) in [6, 6.07) is 6.78. The van der Waals surface area contributed by atoms with Gasteiger partial charge in [0, 0.05) is 25.3 Å². The van der Waals surface area contributed by atoms with E-state index < -0.39 is 0 Å². The standard InChI is InChI=1S/C18H25FN2O2/c1-23-9-8-21(12-15-4-2-3-5-16(15)19)18(22)20-17-11-13-6-7-14(17)10-13/h2-5,13-14,17H,6-12H2,1H3,(H,20,22)/t13-,14+,17-/m1/s1. The molecule has 2 amide bonds. The zero-order valence-corrected chi connectivity index (χ0v) is 13.6. The highest BCUT2D eigenvalue weighted by atomic mass is 19.1. The minimum Gasteiger partial charge on any atom is -0.383 e. The van der Waals surface area contributed by atoms with E-state index >= 15 is 0 Å². The summed E-state index contributed by atoms with van der Waals surface area (Å²) >= 11 is 0. The molecule has 1 aromatic rings. The number of hydrogen-bond donors (Lipinski definition) is 1. The number of carbonyl (C=O) groups is 1. The molecule has 2 fully saturated rings.